The van der Waals surface area contributed by atoms with Gasteiger partial charge in [0.2, 0.25) is 5.91 Å². The van der Waals surface area contributed by atoms with Crippen molar-refractivity contribution >= 4 is 34.5 Å². The van der Waals surface area contributed by atoms with E-state index in [0.717, 1.165) is 33.1 Å². The number of aryl methyl sites for hydroxylation is 1. The number of carbonyl (C=O) groups excluding carboxylic acids is 1. The lowest BCUT2D eigenvalue weighted by atomic mass is 10.1. The normalized spacial score (nSPS) is 10.7. The fourth-order valence-corrected chi connectivity index (χ4v) is 3.88. The Morgan fingerprint density at radius 3 is 2.59 bits per heavy atom. The molecule has 1 amide bonds. The number of anilines is 1. The van der Waals surface area contributed by atoms with Crippen molar-refractivity contribution in [1.29, 1.82) is 0 Å². The molecular weight excluding hydrogens is 402 g/mol. The molecule has 4 rings (SSSR count). The van der Waals surface area contributed by atoms with Crippen molar-refractivity contribution in [2.75, 3.05) is 5.32 Å². The van der Waals surface area contributed by atoms with Crippen LogP contribution in [0.3, 0.4) is 0 Å². The lowest BCUT2D eigenvalue weighted by Gasteiger charge is -2.07. The first-order chi connectivity index (χ1) is 14.2. The van der Waals surface area contributed by atoms with E-state index >= 15 is 0 Å². The summed E-state index contributed by atoms with van der Waals surface area (Å²) >= 11 is 7.49. The zero-order valence-electron chi connectivity index (χ0n) is 15.5. The van der Waals surface area contributed by atoms with Crippen molar-refractivity contribution in [2.45, 2.75) is 12.8 Å². The molecule has 144 valence electrons. The van der Waals surface area contributed by atoms with Gasteiger partial charge < -0.3 is 5.32 Å². The van der Waals surface area contributed by atoms with Gasteiger partial charge in [0.25, 0.3) is 0 Å². The van der Waals surface area contributed by atoms with Crippen molar-refractivity contribution in [2.24, 2.45) is 0 Å². The van der Waals surface area contributed by atoms with Crippen LogP contribution in [-0.4, -0.2) is 15.9 Å². The zero-order valence-corrected chi connectivity index (χ0v) is 17.1. The second-order valence-electron chi connectivity index (χ2n) is 6.53. The summed E-state index contributed by atoms with van der Waals surface area (Å²) in [7, 11) is 0. The van der Waals surface area contributed by atoms with E-state index in [0.29, 0.717) is 17.9 Å². The number of halogens is 1. The van der Waals surface area contributed by atoms with Gasteiger partial charge in [0.05, 0.1) is 5.69 Å². The van der Waals surface area contributed by atoms with E-state index in [1.165, 1.54) is 0 Å². The topological polar surface area (TPSA) is 54.9 Å². The van der Waals surface area contributed by atoms with E-state index < -0.39 is 0 Å². The molecule has 0 fully saturated rings. The Morgan fingerprint density at radius 1 is 1.00 bits per heavy atom. The predicted molar refractivity (Wildman–Crippen MR) is 119 cm³/mol. The fraction of sp³-hybridized carbons (Fsp3) is 0.0870. The predicted octanol–water partition coefficient (Wildman–Crippen LogP) is 6.10. The molecule has 0 atom stereocenters. The number of nitrogens with zero attached hydrogens (tertiary/aromatic N) is 2. The fourth-order valence-electron chi connectivity index (χ4n) is 2.92. The number of aromatic nitrogens is 2. The minimum absolute atomic E-state index is 0.0205. The number of hydrogen-bond acceptors (Lipinski definition) is 4. The molecule has 1 N–H and O–H groups in total. The molecule has 0 aliphatic rings. The number of thiazole rings is 1. The van der Waals surface area contributed by atoms with Crippen LogP contribution in [0, 0.1) is 0 Å². The van der Waals surface area contributed by atoms with Crippen LogP contribution < -0.4 is 5.32 Å². The molecule has 0 unspecified atom stereocenters. The summed E-state index contributed by atoms with van der Waals surface area (Å²) in [5, 5.41) is 6.64. The molecule has 2 aromatic carbocycles. The molecule has 0 saturated heterocycles. The van der Waals surface area contributed by atoms with Gasteiger partial charge in [0, 0.05) is 46.0 Å². The van der Waals surface area contributed by atoms with E-state index in [1.54, 1.807) is 23.7 Å². The SMILES string of the molecule is O=C(CCc1ccc(Cl)cc1)Nc1cccc(-c2csc(-c3ccncc3)n2)c1. The van der Waals surface area contributed by atoms with Crippen LogP contribution >= 0.6 is 22.9 Å². The van der Waals surface area contributed by atoms with Crippen molar-refractivity contribution in [3.8, 4) is 21.8 Å². The Morgan fingerprint density at radius 2 is 1.79 bits per heavy atom. The molecule has 4 nitrogen and oxygen atoms in total. The van der Waals surface area contributed by atoms with Gasteiger partial charge >= 0.3 is 0 Å². The van der Waals surface area contributed by atoms with Gasteiger partial charge in [-0.15, -0.1) is 11.3 Å². The third-order valence-corrected chi connectivity index (χ3v) is 5.57. The highest BCUT2D eigenvalue weighted by molar-refractivity contribution is 7.13. The number of nitrogens with one attached hydrogen (secondary N) is 1. The van der Waals surface area contributed by atoms with Crippen molar-refractivity contribution < 1.29 is 4.79 Å². The third-order valence-electron chi connectivity index (χ3n) is 4.43. The second kappa shape index (κ2) is 8.99. The standard InChI is InChI=1S/C23H18ClN3OS/c24-19-7-4-16(5-8-19)6-9-22(28)26-20-3-1-2-18(14-20)21-15-29-23(27-21)17-10-12-25-13-11-17/h1-5,7-8,10-15H,6,9H2,(H,26,28). The van der Waals surface area contributed by atoms with Crippen LogP contribution in [0.4, 0.5) is 5.69 Å². The van der Waals surface area contributed by atoms with E-state index in [1.807, 2.05) is 66.0 Å². The largest absolute Gasteiger partial charge is 0.326 e. The lowest BCUT2D eigenvalue weighted by molar-refractivity contribution is -0.116. The minimum atomic E-state index is -0.0205. The highest BCUT2D eigenvalue weighted by Crippen LogP contribution is 2.29. The number of amides is 1. The first kappa shape index (κ1) is 19.3. The Labute approximate surface area is 178 Å². The second-order valence-corrected chi connectivity index (χ2v) is 7.82. The molecule has 0 aliphatic heterocycles. The molecule has 0 spiro atoms. The van der Waals surface area contributed by atoms with E-state index in [4.69, 9.17) is 16.6 Å². The molecule has 29 heavy (non-hydrogen) atoms. The van der Waals surface area contributed by atoms with Gasteiger partial charge in [-0.1, -0.05) is 35.9 Å². The molecule has 0 bridgehead atoms. The molecule has 4 aromatic rings. The number of carbonyl (C=O) groups is 1. The zero-order chi connectivity index (χ0) is 20.1. The van der Waals surface area contributed by atoms with Crippen molar-refractivity contribution in [3.05, 3.63) is 89.0 Å². The lowest BCUT2D eigenvalue weighted by Crippen LogP contribution is -2.12. The monoisotopic (exact) mass is 419 g/mol. The molecule has 6 heteroatoms. The summed E-state index contributed by atoms with van der Waals surface area (Å²) in [6, 6.07) is 19.2. The Hall–Kier alpha value is -3.02. The van der Waals surface area contributed by atoms with Gasteiger partial charge in [-0.05, 0) is 48.4 Å². The summed E-state index contributed by atoms with van der Waals surface area (Å²) in [5.74, 6) is -0.0205. The maximum Gasteiger partial charge on any atom is 0.224 e. The smallest absolute Gasteiger partial charge is 0.224 e. The van der Waals surface area contributed by atoms with Gasteiger partial charge in [-0.25, -0.2) is 4.98 Å². The summed E-state index contributed by atoms with van der Waals surface area (Å²) in [4.78, 5) is 21.1. The Bertz CT molecular complexity index is 1110. The van der Waals surface area contributed by atoms with Gasteiger partial charge in [-0.2, -0.15) is 0 Å². The number of pyridine rings is 1. The molecule has 0 radical (unpaired) electrons. The van der Waals surface area contributed by atoms with Gasteiger partial charge in [-0.3, -0.25) is 9.78 Å². The Balaban J connectivity index is 1.41. The van der Waals surface area contributed by atoms with Crippen LogP contribution in [0.2, 0.25) is 5.02 Å². The summed E-state index contributed by atoms with van der Waals surface area (Å²) in [6.07, 6.45) is 4.60. The minimum Gasteiger partial charge on any atom is -0.326 e. The van der Waals surface area contributed by atoms with Crippen LogP contribution in [-0.2, 0) is 11.2 Å². The average molecular weight is 420 g/mol. The Kier molecular flexibility index (Phi) is 5.98. The van der Waals surface area contributed by atoms with Crippen LogP contribution in [0.25, 0.3) is 21.8 Å². The molecule has 0 aliphatic carbocycles. The average Bonchev–Trinajstić information content (AvgIpc) is 3.25. The summed E-state index contributed by atoms with van der Waals surface area (Å²) in [6.45, 7) is 0. The quantitative estimate of drug-likeness (QED) is 0.411. The maximum atomic E-state index is 12.3. The van der Waals surface area contributed by atoms with Crippen molar-refractivity contribution in [1.82, 2.24) is 9.97 Å². The van der Waals surface area contributed by atoms with Gasteiger partial charge in [0.1, 0.15) is 5.01 Å². The first-order valence-corrected chi connectivity index (χ1v) is 10.4. The molecule has 0 saturated carbocycles. The third kappa shape index (κ3) is 5.08. The number of rotatable bonds is 6. The summed E-state index contributed by atoms with van der Waals surface area (Å²) in [5.41, 5.74) is 4.76. The summed E-state index contributed by atoms with van der Waals surface area (Å²) < 4.78 is 0. The van der Waals surface area contributed by atoms with E-state index in [9.17, 15) is 4.79 Å². The molecule has 2 heterocycles. The number of benzene rings is 2. The van der Waals surface area contributed by atoms with E-state index in [-0.39, 0.29) is 5.91 Å². The first-order valence-electron chi connectivity index (χ1n) is 9.18. The maximum absolute atomic E-state index is 12.3. The van der Waals surface area contributed by atoms with Crippen LogP contribution in [0.1, 0.15) is 12.0 Å². The highest BCUT2D eigenvalue weighted by atomic mass is 35.5. The number of hydrogen-bond donors (Lipinski definition) is 1. The van der Waals surface area contributed by atoms with Crippen LogP contribution in [0.15, 0.2) is 78.4 Å². The highest BCUT2D eigenvalue weighted by Gasteiger charge is 2.09. The van der Waals surface area contributed by atoms with E-state index in [2.05, 4.69) is 10.3 Å². The van der Waals surface area contributed by atoms with Crippen molar-refractivity contribution in [3.63, 3.8) is 0 Å². The molecule has 2 aromatic heterocycles. The van der Waals surface area contributed by atoms with Crippen LogP contribution in [0.5, 0.6) is 0 Å². The van der Waals surface area contributed by atoms with Gasteiger partial charge in [0.15, 0.2) is 0 Å². The molecular formula is C23H18ClN3OS.